The van der Waals surface area contributed by atoms with Gasteiger partial charge in [-0.3, -0.25) is 4.79 Å². The zero-order valence-electron chi connectivity index (χ0n) is 4.53. The van der Waals surface area contributed by atoms with Gasteiger partial charge >= 0.3 is 0 Å². The lowest BCUT2D eigenvalue weighted by Crippen LogP contribution is -2.47. The van der Waals surface area contributed by atoms with E-state index in [4.69, 9.17) is 0 Å². The standard InChI is InChI=1S/C3H5N3O3/c7-3-1-5(8)4-6(9)2-3/h1-2H2,(H,4,8,9)/q+2. The molecule has 6 heteroatoms. The van der Waals surface area contributed by atoms with Crippen molar-refractivity contribution in [2.24, 2.45) is 0 Å². The molecule has 0 unspecified atom stereocenters. The van der Waals surface area contributed by atoms with Crippen molar-refractivity contribution in [3.05, 3.63) is 9.81 Å². The van der Waals surface area contributed by atoms with Crippen LogP contribution < -0.4 is 5.53 Å². The molecule has 1 aliphatic rings. The Balaban J connectivity index is 2.64. The van der Waals surface area contributed by atoms with Gasteiger partial charge in [-0.15, -0.1) is 0 Å². The van der Waals surface area contributed by atoms with Crippen molar-refractivity contribution < 1.29 is 14.5 Å². The summed E-state index contributed by atoms with van der Waals surface area (Å²) < 4.78 is 0. The normalized spacial score (nSPS) is 19.8. The summed E-state index contributed by atoms with van der Waals surface area (Å²) in [4.78, 5) is 31.2. The Morgan fingerprint density at radius 3 is 2.00 bits per heavy atom. The number of carbonyl (C=O) groups is 1. The van der Waals surface area contributed by atoms with Gasteiger partial charge in [0.25, 0.3) is 18.9 Å². The van der Waals surface area contributed by atoms with Crippen molar-refractivity contribution in [2.45, 2.75) is 0 Å². The van der Waals surface area contributed by atoms with E-state index in [0.29, 0.717) is 0 Å². The number of nitrogens with one attached hydrogen (secondary N) is 1. The summed E-state index contributed by atoms with van der Waals surface area (Å²) in [6.45, 7) is -0.503. The van der Waals surface area contributed by atoms with E-state index in [1.54, 1.807) is 0 Å². The lowest BCUT2D eigenvalue weighted by atomic mass is 10.4. The van der Waals surface area contributed by atoms with Crippen LogP contribution in [0.2, 0.25) is 0 Å². The maximum atomic E-state index is 10.4. The number of Topliss-reactive ketones (excluding diaryl/α,β-unsaturated/α-hetero) is 1. The maximum absolute atomic E-state index is 10.4. The van der Waals surface area contributed by atoms with Crippen molar-refractivity contribution >= 4 is 5.78 Å². The Kier molecular flexibility index (Phi) is 1.21. The molecule has 0 aromatic carbocycles. The van der Waals surface area contributed by atoms with Crippen LogP contribution in [0.15, 0.2) is 0 Å². The van der Waals surface area contributed by atoms with E-state index in [2.05, 4.69) is 0 Å². The smallest absolute Gasteiger partial charge is 0.285 e. The number of carbonyl (C=O) groups excluding carboxylic acids is 1. The summed E-state index contributed by atoms with van der Waals surface area (Å²) in [6.07, 6.45) is 0. The molecule has 0 radical (unpaired) electrons. The van der Waals surface area contributed by atoms with Crippen LogP contribution >= 0.6 is 0 Å². The van der Waals surface area contributed by atoms with Gasteiger partial charge in [-0.05, 0) is 0 Å². The van der Waals surface area contributed by atoms with Gasteiger partial charge < -0.3 is 0 Å². The first kappa shape index (κ1) is 5.80. The molecule has 0 saturated carbocycles. The van der Waals surface area contributed by atoms with Gasteiger partial charge in [-0.2, -0.15) is 0 Å². The van der Waals surface area contributed by atoms with Crippen LogP contribution in [0.4, 0.5) is 0 Å². The molecule has 1 heterocycles. The fourth-order valence-corrected chi connectivity index (χ4v) is 0.565. The fourth-order valence-electron chi connectivity index (χ4n) is 0.565. The summed E-state index contributed by atoms with van der Waals surface area (Å²) in [6, 6.07) is 0. The van der Waals surface area contributed by atoms with Crippen LogP contribution in [0.25, 0.3) is 0 Å². The van der Waals surface area contributed by atoms with Crippen LogP contribution in [-0.4, -0.2) is 28.6 Å². The SMILES string of the molecule is O=C1C[N+](=O)N[N+](=O)C1. The second kappa shape index (κ2) is 1.88. The minimum absolute atomic E-state index is 0.193. The van der Waals surface area contributed by atoms with E-state index < -0.39 is 0 Å². The van der Waals surface area contributed by atoms with Gasteiger partial charge in [0, 0.05) is 0 Å². The minimum Gasteiger partial charge on any atom is -0.285 e. The molecule has 0 aromatic heterocycles. The van der Waals surface area contributed by atoms with Crippen molar-refractivity contribution in [3.63, 3.8) is 0 Å². The summed E-state index contributed by atoms with van der Waals surface area (Å²) in [5.74, 6) is -0.376. The average molecular weight is 131 g/mol. The number of rotatable bonds is 0. The zero-order valence-corrected chi connectivity index (χ0v) is 4.53. The second-order valence-electron chi connectivity index (χ2n) is 1.71. The van der Waals surface area contributed by atoms with Gasteiger partial charge in [0.1, 0.15) is 5.53 Å². The molecule has 1 N–H and O–H groups in total. The molecule has 48 valence electrons. The molecule has 1 fully saturated rings. The third-order valence-electron chi connectivity index (χ3n) is 0.863. The van der Waals surface area contributed by atoms with Gasteiger partial charge in [-0.25, -0.2) is 0 Å². The molecule has 1 rings (SSSR count). The molecular weight excluding hydrogens is 126 g/mol. The molecule has 0 bridgehead atoms. The first-order valence-electron chi connectivity index (χ1n) is 2.36. The highest BCUT2D eigenvalue weighted by Gasteiger charge is 2.34. The topological polar surface area (TPSA) is 69.3 Å². The molecule has 0 atom stereocenters. The van der Waals surface area contributed by atoms with E-state index in [0.717, 1.165) is 0 Å². The Morgan fingerprint density at radius 1 is 1.22 bits per heavy atom. The van der Waals surface area contributed by atoms with E-state index in [1.165, 1.54) is 0 Å². The van der Waals surface area contributed by atoms with Crippen LogP contribution in [-0.2, 0) is 4.79 Å². The molecule has 0 spiro atoms. The lowest BCUT2D eigenvalue weighted by molar-refractivity contribution is -0.834. The van der Waals surface area contributed by atoms with Crippen molar-refractivity contribution in [2.75, 3.05) is 13.1 Å². The number of hydrogen-bond donors (Lipinski definition) is 1. The number of ketones is 1. The Labute approximate surface area is 49.9 Å². The first-order valence-corrected chi connectivity index (χ1v) is 2.36. The van der Waals surface area contributed by atoms with Gasteiger partial charge in [-0.1, -0.05) is 0 Å². The highest BCUT2D eigenvalue weighted by Crippen LogP contribution is 1.82. The summed E-state index contributed by atoms with van der Waals surface area (Å²) >= 11 is 0. The van der Waals surface area contributed by atoms with E-state index >= 15 is 0 Å². The van der Waals surface area contributed by atoms with Crippen molar-refractivity contribution in [1.29, 1.82) is 0 Å². The summed E-state index contributed by atoms with van der Waals surface area (Å²) in [7, 11) is 0. The predicted octanol–water partition coefficient (Wildman–Crippen LogP) is -1.45. The Bertz CT molecular complexity index is 141. The first-order chi connectivity index (χ1) is 4.18. The highest BCUT2D eigenvalue weighted by atomic mass is 16.4. The number of nitroso groups, excluding NO2 is 2. The highest BCUT2D eigenvalue weighted by molar-refractivity contribution is 5.80. The van der Waals surface area contributed by atoms with E-state index in [-0.39, 0.29) is 28.6 Å². The van der Waals surface area contributed by atoms with Crippen molar-refractivity contribution in [1.82, 2.24) is 5.53 Å². The van der Waals surface area contributed by atoms with Crippen LogP contribution in [0, 0.1) is 9.81 Å². The molecule has 0 amide bonds. The summed E-state index contributed by atoms with van der Waals surface area (Å²) in [5, 5.41) is 0. The second-order valence-corrected chi connectivity index (χ2v) is 1.71. The monoisotopic (exact) mass is 131 g/mol. The van der Waals surface area contributed by atoms with E-state index in [9.17, 15) is 14.6 Å². The number of hydrazine groups is 2. The lowest BCUT2D eigenvalue weighted by Gasteiger charge is -1.92. The average Bonchev–Trinajstić information content (AvgIpc) is 1.59. The fraction of sp³-hybridized carbons (Fsp3) is 0.667. The largest absolute Gasteiger partial charge is 0.295 e. The Hall–Kier alpha value is -1.33. The molecule has 6 nitrogen and oxygen atoms in total. The predicted molar refractivity (Wildman–Crippen MR) is 25.1 cm³/mol. The third kappa shape index (κ3) is 1.28. The third-order valence-corrected chi connectivity index (χ3v) is 0.863. The summed E-state index contributed by atoms with van der Waals surface area (Å²) in [5.41, 5.74) is 1.84. The number of hydrogen-bond acceptors (Lipinski definition) is 3. The quantitative estimate of drug-likeness (QED) is 0.408. The molecule has 0 aromatic rings. The van der Waals surface area contributed by atoms with Gasteiger partial charge in [0.2, 0.25) is 0 Å². The minimum atomic E-state index is -0.376. The molecule has 1 aliphatic heterocycles. The van der Waals surface area contributed by atoms with Crippen LogP contribution in [0.1, 0.15) is 0 Å². The molecule has 0 aliphatic carbocycles. The molecule has 1 saturated heterocycles. The van der Waals surface area contributed by atoms with Crippen LogP contribution in [0.5, 0.6) is 0 Å². The number of nitrogens with zero attached hydrogens (tertiary/aromatic N) is 2. The maximum Gasteiger partial charge on any atom is 0.295 e. The van der Waals surface area contributed by atoms with Crippen LogP contribution in [0.3, 0.4) is 0 Å². The zero-order chi connectivity index (χ0) is 6.85. The Morgan fingerprint density at radius 2 is 1.67 bits per heavy atom. The molecule has 9 heavy (non-hydrogen) atoms. The van der Waals surface area contributed by atoms with Gasteiger partial charge in [0.15, 0.2) is 9.74 Å². The molecular formula is C3H5N3O3+2. The van der Waals surface area contributed by atoms with Crippen molar-refractivity contribution in [3.8, 4) is 0 Å². The van der Waals surface area contributed by atoms with Gasteiger partial charge in [0.05, 0.1) is 9.81 Å². The van der Waals surface area contributed by atoms with E-state index in [1.807, 2.05) is 5.53 Å².